The predicted molar refractivity (Wildman–Crippen MR) is 103 cm³/mol. The van der Waals surface area contributed by atoms with Crippen LogP contribution in [0.4, 0.5) is 0 Å². The number of benzene rings is 1. The summed E-state index contributed by atoms with van der Waals surface area (Å²) in [5.41, 5.74) is 1.97. The standard InChI is InChI=1S/C21H25N3O3/c1-3-27-20-18(10-9-15(2)22-20)21(26)24-13-11-17(12-14-24)23-19(25)16-7-5-4-6-8-16/h4-10,17H,3,11-14H2,1-2H3,(H,23,25). The molecule has 1 aliphatic rings. The molecule has 3 rings (SSSR count). The maximum atomic E-state index is 12.9. The van der Waals surface area contributed by atoms with Gasteiger partial charge < -0.3 is 15.0 Å². The molecule has 6 heteroatoms. The number of carbonyl (C=O) groups is 2. The minimum atomic E-state index is -0.0706. The van der Waals surface area contributed by atoms with Gasteiger partial charge in [-0.15, -0.1) is 0 Å². The Morgan fingerprint density at radius 1 is 1.15 bits per heavy atom. The van der Waals surface area contributed by atoms with E-state index in [0.29, 0.717) is 36.7 Å². The second kappa shape index (κ2) is 8.66. The normalized spacial score (nSPS) is 14.7. The Kier molecular flexibility index (Phi) is 6.06. The number of nitrogens with one attached hydrogen (secondary N) is 1. The van der Waals surface area contributed by atoms with E-state index >= 15 is 0 Å². The lowest BCUT2D eigenvalue weighted by Crippen LogP contribution is -2.46. The monoisotopic (exact) mass is 367 g/mol. The number of rotatable bonds is 5. The fraction of sp³-hybridized carbons (Fsp3) is 0.381. The van der Waals surface area contributed by atoms with Crippen molar-refractivity contribution >= 4 is 11.8 Å². The van der Waals surface area contributed by atoms with Gasteiger partial charge in [-0.05, 0) is 51.0 Å². The van der Waals surface area contributed by atoms with Crippen LogP contribution in [0.25, 0.3) is 0 Å². The van der Waals surface area contributed by atoms with Crippen LogP contribution in [0.3, 0.4) is 0 Å². The Bertz CT molecular complexity index is 800. The fourth-order valence-corrected chi connectivity index (χ4v) is 3.20. The number of amides is 2. The van der Waals surface area contributed by atoms with Gasteiger partial charge >= 0.3 is 0 Å². The summed E-state index contributed by atoms with van der Waals surface area (Å²) in [5, 5.41) is 3.06. The summed E-state index contributed by atoms with van der Waals surface area (Å²) < 4.78 is 5.54. The molecule has 0 saturated carbocycles. The first-order valence-corrected chi connectivity index (χ1v) is 9.34. The van der Waals surface area contributed by atoms with Crippen molar-refractivity contribution in [1.29, 1.82) is 0 Å². The first kappa shape index (κ1) is 18.9. The van der Waals surface area contributed by atoms with Crippen LogP contribution in [0, 0.1) is 6.92 Å². The van der Waals surface area contributed by atoms with E-state index in [-0.39, 0.29) is 17.9 Å². The molecule has 1 aromatic carbocycles. The maximum absolute atomic E-state index is 12.9. The molecule has 1 saturated heterocycles. The predicted octanol–water partition coefficient (Wildman–Crippen LogP) is 2.82. The van der Waals surface area contributed by atoms with Gasteiger partial charge in [-0.1, -0.05) is 18.2 Å². The van der Waals surface area contributed by atoms with Crippen molar-refractivity contribution in [2.45, 2.75) is 32.7 Å². The summed E-state index contributed by atoms with van der Waals surface area (Å²) in [6.45, 7) is 5.40. The number of pyridine rings is 1. The number of carbonyl (C=O) groups excluding carboxylic acids is 2. The molecule has 1 aromatic heterocycles. The zero-order valence-corrected chi connectivity index (χ0v) is 15.8. The van der Waals surface area contributed by atoms with Crippen LogP contribution < -0.4 is 10.1 Å². The number of ether oxygens (including phenoxy) is 1. The topological polar surface area (TPSA) is 71.5 Å². The summed E-state index contributed by atoms with van der Waals surface area (Å²) in [6.07, 6.45) is 1.46. The lowest BCUT2D eigenvalue weighted by molar-refractivity contribution is 0.0693. The number of aromatic nitrogens is 1. The first-order valence-electron chi connectivity index (χ1n) is 9.34. The average Bonchev–Trinajstić information content (AvgIpc) is 2.69. The van der Waals surface area contributed by atoms with Gasteiger partial charge in [0.05, 0.1) is 6.61 Å². The molecule has 1 fully saturated rings. The van der Waals surface area contributed by atoms with Crippen molar-refractivity contribution in [2.75, 3.05) is 19.7 Å². The smallest absolute Gasteiger partial charge is 0.259 e. The highest BCUT2D eigenvalue weighted by Crippen LogP contribution is 2.21. The largest absolute Gasteiger partial charge is 0.477 e. The van der Waals surface area contributed by atoms with Crippen molar-refractivity contribution < 1.29 is 14.3 Å². The lowest BCUT2D eigenvalue weighted by atomic mass is 10.0. The fourth-order valence-electron chi connectivity index (χ4n) is 3.20. The van der Waals surface area contributed by atoms with Gasteiger partial charge in [-0.25, -0.2) is 4.98 Å². The van der Waals surface area contributed by atoms with Gasteiger partial charge in [-0.2, -0.15) is 0 Å². The molecule has 0 bridgehead atoms. The molecular weight excluding hydrogens is 342 g/mol. The highest BCUT2D eigenvalue weighted by molar-refractivity contribution is 5.96. The van der Waals surface area contributed by atoms with Crippen LogP contribution in [0.5, 0.6) is 5.88 Å². The zero-order chi connectivity index (χ0) is 19.2. The zero-order valence-electron chi connectivity index (χ0n) is 15.8. The Morgan fingerprint density at radius 2 is 1.85 bits per heavy atom. The molecule has 27 heavy (non-hydrogen) atoms. The Labute approximate surface area is 159 Å². The maximum Gasteiger partial charge on any atom is 0.259 e. The minimum Gasteiger partial charge on any atom is -0.477 e. The van der Waals surface area contributed by atoms with Gasteiger partial charge in [0.15, 0.2) is 0 Å². The van der Waals surface area contributed by atoms with Crippen LogP contribution in [0.15, 0.2) is 42.5 Å². The molecule has 0 radical (unpaired) electrons. The average molecular weight is 367 g/mol. The van der Waals surface area contributed by atoms with Gasteiger partial charge in [0.1, 0.15) is 5.56 Å². The summed E-state index contributed by atoms with van der Waals surface area (Å²) in [7, 11) is 0. The highest BCUT2D eigenvalue weighted by Gasteiger charge is 2.27. The van der Waals surface area contributed by atoms with E-state index in [4.69, 9.17) is 4.74 Å². The van der Waals surface area contributed by atoms with E-state index in [0.717, 1.165) is 18.5 Å². The van der Waals surface area contributed by atoms with E-state index < -0.39 is 0 Å². The van der Waals surface area contributed by atoms with Crippen molar-refractivity contribution in [2.24, 2.45) is 0 Å². The van der Waals surface area contributed by atoms with Gasteiger partial charge in [0, 0.05) is 30.4 Å². The third kappa shape index (κ3) is 4.64. The molecule has 142 valence electrons. The van der Waals surface area contributed by atoms with Gasteiger partial charge in [0.2, 0.25) is 5.88 Å². The van der Waals surface area contributed by atoms with E-state index in [9.17, 15) is 9.59 Å². The lowest BCUT2D eigenvalue weighted by Gasteiger charge is -2.32. The minimum absolute atomic E-state index is 0.0678. The summed E-state index contributed by atoms with van der Waals surface area (Å²) in [4.78, 5) is 31.3. The number of hydrogen-bond acceptors (Lipinski definition) is 4. The molecule has 2 aromatic rings. The summed E-state index contributed by atoms with van der Waals surface area (Å²) in [6, 6.07) is 12.9. The molecule has 2 amide bonds. The van der Waals surface area contributed by atoms with Gasteiger partial charge in [-0.3, -0.25) is 9.59 Å². The van der Waals surface area contributed by atoms with Crippen LogP contribution in [0.2, 0.25) is 0 Å². The van der Waals surface area contributed by atoms with Crippen molar-refractivity contribution in [3.8, 4) is 5.88 Å². The number of aryl methyl sites for hydroxylation is 1. The highest BCUT2D eigenvalue weighted by atomic mass is 16.5. The molecule has 0 atom stereocenters. The Hall–Kier alpha value is -2.89. The molecular formula is C21H25N3O3. The van der Waals surface area contributed by atoms with Crippen molar-refractivity contribution in [1.82, 2.24) is 15.2 Å². The molecule has 1 aliphatic heterocycles. The number of piperidine rings is 1. The first-order chi connectivity index (χ1) is 13.1. The van der Waals surface area contributed by atoms with Crippen LogP contribution >= 0.6 is 0 Å². The molecule has 0 aliphatic carbocycles. The molecule has 1 N–H and O–H groups in total. The SMILES string of the molecule is CCOc1nc(C)ccc1C(=O)N1CCC(NC(=O)c2ccccc2)CC1. The summed E-state index contributed by atoms with van der Waals surface area (Å²) >= 11 is 0. The third-order valence-electron chi connectivity index (χ3n) is 4.66. The van der Waals surface area contributed by atoms with E-state index in [1.807, 2.05) is 38.1 Å². The second-order valence-corrected chi connectivity index (χ2v) is 6.64. The number of likely N-dealkylation sites (tertiary alicyclic amines) is 1. The third-order valence-corrected chi connectivity index (χ3v) is 4.66. The van der Waals surface area contributed by atoms with Crippen molar-refractivity contribution in [3.05, 3.63) is 59.3 Å². The number of nitrogens with zero attached hydrogens (tertiary/aromatic N) is 2. The van der Waals surface area contributed by atoms with Crippen molar-refractivity contribution in [3.63, 3.8) is 0 Å². The van der Waals surface area contributed by atoms with Crippen LogP contribution in [-0.2, 0) is 0 Å². The van der Waals surface area contributed by atoms with E-state index in [2.05, 4.69) is 10.3 Å². The number of hydrogen-bond donors (Lipinski definition) is 1. The molecule has 0 spiro atoms. The van der Waals surface area contributed by atoms with Gasteiger partial charge in [0.25, 0.3) is 11.8 Å². The van der Waals surface area contributed by atoms with Crippen LogP contribution in [0.1, 0.15) is 46.2 Å². The van der Waals surface area contributed by atoms with E-state index in [1.54, 1.807) is 23.1 Å². The molecule has 0 unspecified atom stereocenters. The van der Waals surface area contributed by atoms with Crippen LogP contribution in [-0.4, -0.2) is 47.4 Å². The Balaban J connectivity index is 1.59. The quantitative estimate of drug-likeness (QED) is 0.882. The Morgan fingerprint density at radius 3 is 2.52 bits per heavy atom. The molecule has 6 nitrogen and oxygen atoms in total. The second-order valence-electron chi connectivity index (χ2n) is 6.64. The summed E-state index contributed by atoms with van der Waals surface area (Å²) in [5.74, 6) is 0.252. The van der Waals surface area contributed by atoms with E-state index in [1.165, 1.54) is 0 Å². The molecule has 2 heterocycles.